The van der Waals surface area contributed by atoms with Crippen molar-refractivity contribution < 1.29 is 14.7 Å². The first-order valence-corrected chi connectivity index (χ1v) is 8.30. The van der Waals surface area contributed by atoms with Crippen LogP contribution in [0.1, 0.15) is 32.1 Å². The topological polar surface area (TPSA) is 66.4 Å². The van der Waals surface area contributed by atoms with Gasteiger partial charge in [-0.25, -0.2) is 0 Å². The monoisotopic (exact) mass is 289 g/mol. The lowest BCUT2D eigenvalue weighted by Crippen LogP contribution is -2.37. The fraction of sp³-hybridized carbons (Fsp3) is 0.765. The average Bonchev–Trinajstić information content (AvgIpc) is 3.19. The number of aliphatic carboxylic acids is 1. The fourth-order valence-corrected chi connectivity index (χ4v) is 5.94. The van der Waals surface area contributed by atoms with Crippen LogP contribution in [0.25, 0.3) is 0 Å². The lowest BCUT2D eigenvalue weighted by Gasteiger charge is -2.36. The predicted molar refractivity (Wildman–Crippen MR) is 77.3 cm³/mol. The van der Waals surface area contributed by atoms with E-state index in [4.69, 9.17) is 5.11 Å². The Labute approximate surface area is 125 Å². The van der Waals surface area contributed by atoms with Crippen LogP contribution >= 0.6 is 0 Å². The van der Waals surface area contributed by atoms with E-state index in [9.17, 15) is 9.59 Å². The summed E-state index contributed by atoms with van der Waals surface area (Å²) in [7, 11) is 0. The van der Waals surface area contributed by atoms with Crippen LogP contribution in [0.5, 0.6) is 0 Å². The molecule has 4 aliphatic carbocycles. The molecule has 21 heavy (non-hydrogen) atoms. The van der Waals surface area contributed by atoms with Crippen molar-refractivity contribution in [2.75, 3.05) is 6.54 Å². The third kappa shape index (κ3) is 2.11. The Morgan fingerprint density at radius 3 is 2.57 bits per heavy atom. The van der Waals surface area contributed by atoms with Crippen molar-refractivity contribution >= 4 is 11.9 Å². The maximum Gasteiger partial charge on any atom is 0.303 e. The van der Waals surface area contributed by atoms with Crippen LogP contribution in [0, 0.1) is 41.4 Å². The van der Waals surface area contributed by atoms with Crippen molar-refractivity contribution in [1.29, 1.82) is 0 Å². The summed E-state index contributed by atoms with van der Waals surface area (Å²) < 4.78 is 0. The van der Waals surface area contributed by atoms with Crippen molar-refractivity contribution in [2.24, 2.45) is 41.4 Å². The molecular formula is C17H23NO3. The lowest BCUT2D eigenvalue weighted by molar-refractivity contribution is -0.138. The molecule has 4 rings (SSSR count). The number of carbonyl (C=O) groups excluding carboxylic acids is 1. The van der Waals surface area contributed by atoms with Gasteiger partial charge in [0.1, 0.15) is 0 Å². The van der Waals surface area contributed by atoms with Crippen LogP contribution in [0.2, 0.25) is 0 Å². The van der Waals surface area contributed by atoms with Crippen LogP contribution in [0.15, 0.2) is 12.2 Å². The molecule has 4 nitrogen and oxygen atoms in total. The van der Waals surface area contributed by atoms with Gasteiger partial charge in [-0.1, -0.05) is 12.2 Å². The van der Waals surface area contributed by atoms with E-state index in [1.165, 1.54) is 19.3 Å². The molecular weight excluding hydrogens is 266 g/mol. The highest BCUT2D eigenvalue weighted by atomic mass is 16.4. The Balaban J connectivity index is 1.32. The number of fused-ring (bicyclic) bond motifs is 9. The van der Waals surface area contributed by atoms with Crippen LogP contribution in [-0.4, -0.2) is 23.5 Å². The van der Waals surface area contributed by atoms with Gasteiger partial charge in [0, 0.05) is 13.0 Å². The highest BCUT2D eigenvalue weighted by Crippen LogP contribution is 2.66. The minimum atomic E-state index is -0.901. The Hall–Kier alpha value is -1.32. The van der Waals surface area contributed by atoms with Crippen molar-refractivity contribution in [1.82, 2.24) is 5.32 Å². The first-order valence-electron chi connectivity index (χ1n) is 8.30. The summed E-state index contributed by atoms with van der Waals surface area (Å²) in [6, 6.07) is 0. The molecule has 114 valence electrons. The zero-order valence-electron chi connectivity index (χ0n) is 12.2. The maximum atomic E-state index is 11.7. The molecule has 0 radical (unpaired) electrons. The molecule has 3 saturated carbocycles. The highest BCUT2D eigenvalue weighted by Gasteiger charge is 2.60. The maximum absolute atomic E-state index is 11.7. The zero-order chi connectivity index (χ0) is 14.6. The molecule has 0 aliphatic heterocycles. The number of carbonyl (C=O) groups is 2. The van der Waals surface area contributed by atoms with E-state index < -0.39 is 5.97 Å². The van der Waals surface area contributed by atoms with Crippen LogP contribution in [-0.2, 0) is 9.59 Å². The van der Waals surface area contributed by atoms with Crippen molar-refractivity contribution in [3.63, 3.8) is 0 Å². The number of carboxylic acids is 1. The van der Waals surface area contributed by atoms with Gasteiger partial charge >= 0.3 is 5.97 Å². The van der Waals surface area contributed by atoms with E-state index in [2.05, 4.69) is 17.5 Å². The number of hydrogen-bond acceptors (Lipinski definition) is 2. The van der Waals surface area contributed by atoms with Gasteiger partial charge in [-0.2, -0.15) is 0 Å². The van der Waals surface area contributed by atoms with E-state index in [0.717, 1.165) is 42.1 Å². The summed E-state index contributed by atoms with van der Waals surface area (Å²) in [6.07, 6.45) is 8.93. The lowest BCUT2D eigenvalue weighted by atomic mass is 9.69. The fourth-order valence-electron chi connectivity index (χ4n) is 5.94. The first kappa shape index (κ1) is 13.4. The standard InChI is InChI=1S/C17H23NO3/c19-14(3-4-15(20)21)18-8-12-6-11-7-13(12)17-10-2-1-9(5-10)16(11)17/h1-2,9-13,16-17H,3-8H2,(H,18,19)(H,20,21)/t9-,10+,11-,12-,13-,16+,17-/m0/s1. The molecule has 0 heterocycles. The molecule has 0 aromatic rings. The number of hydrogen-bond donors (Lipinski definition) is 2. The molecule has 2 N–H and O–H groups in total. The molecule has 0 unspecified atom stereocenters. The molecule has 0 aromatic heterocycles. The summed E-state index contributed by atoms with van der Waals surface area (Å²) in [5.41, 5.74) is 0. The van der Waals surface area contributed by atoms with Crippen molar-refractivity contribution in [3.05, 3.63) is 12.2 Å². The predicted octanol–water partition coefficient (Wildman–Crippen LogP) is 2.06. The Morgan fingerprint density at radius 2 is 1.81 bits per heavy atom. The summed E-state index contributed by atoms with van der Waals surface area (Å²) >= 11 is 0. The van der Waals surface area contributed by atoms with Gasteiger partial charge in [-0.05, 0) is 60.7 Å². The number of rotatable bonds is 5. The third-order valence-corrected chi connectivity index (χ3v) is 6.54. The molecule has 0 aromatic carbocycles. The largest absolute Gasteiger partial charge is 0.481 e. The summed E-state index contributed by atoms with van der Waals surface area (Å²) in [5.74, 6) is 4.75. The van der Waals surface area contributed by atoms with E-state index in [1.807, 2.05) is 0 Å². The van der Waals surface area contributed by atoms with Gasteiger partial charge in [0.05, 0.1) is 6.42 Å². The molecule has 4 heteroatoms. The van der Waals surface area contributed by atoms with E-state index in [-0.39, 0.29) is 18.7 Å². The summed E-state index contributed by atoms with van der Waals surface area (Å²) in [6.45, 7) is 0.754. The second kappa shape index (κ2) is 4.85. The second-order valence-corrected chi connectivity index (χ2v) is 7.46. The summed E-state index contributed by atoms with van der Waals surface area (Å²) in [5, 5.41) is 11.6. The van der Waals surface area contributed by atoms with Crippen molar-refractivity contribution in [3.8, 4) is 0 Å². The van der Waals surface area contributed by atoms with Gasteiger partial charge in [0.25, 0.3) is 0 Å². The van der Waals surface area contributed by atoms with Crippen LogP contribution in [0.4, 0.5) is 0 Å². The van der Waals surface area contributed by atoms with Gasteiger partial charge in [-0.15, -0.1) is 0 Å². The Morgan fingerprint density at radius 1 is 1.05 bits per heavy atom. The number of allylic oxidation sites excluding steroid dienone is 2. The zero-order valence-corrected chi connectivity index (χ0v) is 12.2. The normalized spacial score (nSPS) is 45.0. The minimum absolute atomic E-state index is 0.0677. The quantitative estimate of drug-likeness (QED) is 0.601. The minimum Gasteiger partial charge on any atom is -0.481 e. The van der Waals surface area contributed by atoms with E-state index in [1.54, 1.807) is 0 Å². The highest BCUT2D eigenvalue weighted by molar-refractivity contribution is 5.80. The second-order valence-electron chi connectivity index (χ2n) is 7.46. The molecule has 1 amide bonds. The summed E-state index contributed by atoms with van der Waals surface area (Å²) in [4.78, 5) is 22.2. The molecule has 3 fully saturated rings. The van der Waals surface area contributed by atoms with Crippen LogP contribution in [0.3, 0.4) is 0 Å². The van der Waals surface area contributed by atoms with Gasteiger partial charge in [-0.3, -0.25) is 9.59 Å². The molecule has 4 aliphatic rings. The molecule has 0 spiro atoms. The van der Waals surface area contributed by atoms with Crippen molar-refractivity contribution in [2.45, 2.75) is 32.1 Å². The Bertz CT molecular complexity index is 500. The van der Waals surface area contributed by atoms with Gasteiger partial charge in [0.15, 0.2) is 0 Å². The average molecular weight is 289 g/mol. The van der Waals surface area contributed by atoms with E-state index in [0.29, 0.717) is 5.92 Å². The molecule has 4 bridgehead atoms. The number of amides is 1. The third-order valence-electron chi connectivity index (χ3n) is 6.54. The van der Waals surface area contributed by atoms with E-state index >= 15 is 0 Å². The SMILES string of the molecule is O=C(O)CCC(=O)NC[C@@H]1C[C@H]2C[C@@H]1[C@H]1[C@@H]2[C@H]2C=C[C@@H]1C2. The molecule has 0 saturated heterocycles. The number of nitrogens with one attached hydrogen (secondary N) is 1. The number of carboxylic acid groups (broad SMARTS) is 1. The van der Waals surface area contributed by atoms with Gasteiger partial charge in [0.2, 0.25) is 5.91 Å². The van der Waals surface area contributed by atoms with Crippen LogP contribution < -0.4 is 5.32 Å². The Kier molecular flexibility index (Phi) is 3.09. The smallest absolute Gasteiger partial charge is 0.303 e. The van der Waals surface area contributed by atoms with Gasteiger partial charge < -0.3 is 10.4 Å². The first-order chi connectivity index (χ1) is 10.1. The molecule has 7 atom stereocenters.